The van der Waals surface area contributed by atoms with E-state index in [1.165, 1.54) is 4.90 Å². The van der Waals surface area contributed by atoms with E-state index in [4.69, 9.17) is 5.26 Å². The summed E-state index contributed by atoms with van der Waals surface area (Å²) in [5, 5.41) is 11.9. The molecule has 6 heteroatoms. The molecule has 2 amide bonds. The highest BCUT2D eigenvalue weighted by atomic mass is 16.2. The van der Waals surface area contributed by atoms with Gasteiger partial charge in [0.25, 0.3) is 0 Å². The van der Waals surface area contributed by atoms with Gasteiger partial charge in [0, 0.05) is 19.3 Å². The molecule has 0 saturated heterocycles. The number of carbonyl (C=O) groups is 2. The number of carbonyl (C=O) groups excluding carboxylic acids is 2. The number of nitrogens with zero attached hydrogens (tertiary/aromatic N) is 3. The first-order valence-corrected chi connectivity index (χ1v) is 9.07. The molecule has 0 radical (unpaired) electrons. The van der Waals surface area contributed by atoms with E-state index in [0.29, 0.717) is 12.1 Å². The summed E-state index contributed by atoms with van der Waals surface area (Å²) in [6.45, 7) is 4.60. The van der Waals surface area contributed by atoms with Gasteiger partial charge in [0.1, 0.15) is 0 Å². The molecular weight excluding hydrogens is 352 g/mol. The van der Waals surface area contributed by atoms with E-state index >= 15 is 0 Å². The van der Waals surface area contributed by atoms with Crippen LogP contribution in [0.1, 0.15) is 22.3 Å². The number of rotatable bonds is 7. The molecule has 0 bridgehead atoms. The Labute approximate surface area is 166 Å². The molecule has 0 aliphatic carbocycles. The number of amides is 2. The molecule has 0 heterocycles. The maximum atomic E-state index is 12.4. The molecule has 0 aliphatic heterocycles. The van der Waals surface area contributed by atoms with Gasteiger partial charge in [-0.05, 0) is 49.7 Å². The number of anilines is 1. The average molecular weight is 378 g/mol. The minimum Gasteiger partial charge on any atom is -0.335 e. The second-order valence-electron chi connectivity index (χ2n) is 7.05. The first kappa shape index (κ1) is 21.1. The lowest BCUT2D eigenvalue weighted by Gasteiger charge is -2.22. The number of likely N-dealkylation sites (N-methyl/N-ethyl adjacent to an activating group) is 2. The van der Waals surface area contributed by atoms with Crippen molar-refractivity contribution in [2.24, 2.45) is 0 Å². The Hall–Kier alpha value is -3.17. The maximum Gasteiger partial charge on any atom is 0.243 e. The van der Waals surface area contributed by atoms with Crippen LogP contribution >= 0.6 is 0 Å². The summed E-state index contributed by atoms with van der Waals surface area (Å²) in [5.74, 6) is -0.367. The van der Waals surface area contributed by atoms with Gasteiger partial charge in [-0.1, -0.05) is 30.3 Å². The Kier molecular flexibility index (Phi) is 7.30. The number of nitriles is 1. The van der Waals surface area contributed by atoms with Crippen LogP contribution in [-0.4, -0.2) is 48.8 Å². The topological polar surface area (TPSA) is 76.4 Å². The number of nitrogens with one attached hydrogen (secondary N) is 1. The van der Waals surface area contributed by atoms with Gasteiger partial charge in [-0.15, -0.1) is 0 Å². The zero-order valence-corrected chi connectivity index (χ0v) is 16.8. The predicted molar refractivity (Wildman–Crippen MR) is 110 cm³/mol. The van der Waals surface area contributed by atoms with Crippen molar-refractivity contribution in [3.05, 3.63) is 64.7 Å². The van der Waals surface area contributed by atoms with Crippen LogP contribution in [0.5, 0.6) is 0 Å². The molecule has 0 atom stereocenters. The highest BCUT2D eigenvalue weighted by Crippen LogP contribution is 2.19. The first-order valence-electron chi connectivity index (χ1n) is 9.07. The summed E-state index contributed by atoms with van der Waals surface area (Å²) in [4.78, 5) is 28.1. The van der Waals surface area contributed by atoms with Gasteiger partial charge in [0.15, 0.2) is 0 Å². The fraction of sp³-hybridized carbons (Fsp3) is 0.318. The molecule has 0 spiro atoms. The number of benzene rings is 2. The van der Waals surface area contributed by atoms with Crippen molar-refractivity contribution in [3.8, 4) is 6.07 Å². The van der Waals surface area contributed by atoms with Crippen LogP contribution in [0, 0.1) is 25.2 Å². The van der Waals surface area contributed by atoms with E-state index in [2.05, 4.69) is 11.4 Å². The minimum absolute atomic E-state index is 0.00956. The monoisotopic (exact) mass is 378 g/mol. The van der Waals surface area contributed by atoms with E-state index in [1.807, 2.05) is 62.2 Å². The quantitative estimate of drug-likeness (QED) is 0.804. The van der Waals surface area contributed by atoms with Gasteiger partial charge in [0.2, 0.25) is 11.8 Å². The van der Waals surface area contributed by atoms with Gasteiger partial charge >= 0.3 is 0 Å². The fourth-order valence-corrected chi connectivity index (χ4v) is 2.95. The van der Waals surface area contributed by atoms with Gasteiger partial charge in [-0.3, -0.25) is 14.5 Å². The van der Waals surface area contributed by atoms with Crippen LogP contribution < -0.4 is 5.32 Å². The Balaban J connectivity index is 1.87. The van der Waals surface area contributed by atoms with Crippen LogP contribution in [0.15, 0.2) is 42.5 Å². The van der Waals surface area contributed by atoms with Crippen molar-refractivity contribution in [3.63, 3.8) is 0 Å². The Morgan fingerprint density at radius 1 is 1.04 bits per heavy atom. The molecule has 146 valence electrons. The highest BCUT2D eigenvalue weighted by molar-refractivity contribution is 5.95. The SMILES string of the molecule is Cc1cccc(C)c1NC(=O)CN(C)C(=O)CN(C)Cc1cccc(C#N)c1. The molecule has 0 fully saturated rings. The second-order valence-corrected chi connectivity index (χ2v) is 7.05. The van der Waals surface area contributed by atoms with Crippen molar-refractivity contribution in [1.82, 2.24) is 9.80 Å². The first-order chi connectivity index (χ1) is 13.3. The van der Waals surface area contributed by atoms with Crippen LogP contribution in [0.2, 0.25) is 0 Å². The van der Waals surface area contributed by atoms with E-state index in [1.54, 1.807) is 13.1 Å². The molecule has 2 aromatic carbocycles. The number of aryl methyl sites for hydroxylation is 2. The third kappa shape index (κ3) is 5.93. The molecule has 0 aromatic heterocycles. The third-order valence-corrected chi connectivity index (χ3v) is 4.47. The number of para-hydroxylation sites is 1. The fourth-order valence-electron chi connectivity index (χ4n) is 2.95. The van der Waals surface area contributed by atoms with E-state index in [9.17, 15) is 9.59 Å². The van der Waals surface area contributed by atoms with Gasteiger partial charge in [0.05, 0.1) is 24.7 Å². The summed E-state index contributed by atoms with van der Waals surface area (Å²) in [7, 11) is 3.46. The largest absolute Gasteiger partial charge is 0.335 e. The Morgan fingerprint density at radius 2 is 1.68 bits per heavy atom. The van der Waals surface area contributed by atoms with Crippen LogP contribution in [0.3, 0.4) is 0 Å². The van der Waals surface area contributed by atoms with Crippen molar-refractivity contribution in [2.45, 2.75) is 20.4 Å². The smallest absolute Gasteiger partial charge is 0.243 e. The van der Waals surface area contributed by atoms with Crippen molar-refractivity contribution >= 4 is 17.5 Å². The lowest BCUT2D eigenvalue weighted by Crippen LogP contribution is -2.40. The molecule has 2 aromatic rings. The lowest BCUT2D eigenvalue weighted by atomic mass is 10.1. The summed E-state index contributed by atoms with van der Waals surface area (Å²) in [5.41, 5.74) is 4.33. The zero-order valence-electron chi connectivity index (χ0n) is 16.8. The molecular formula is C22H26N4O2. The van der Waals surface area contributed by atoms with E-state index in [-0.39, 0.29) is 24.9 Å². The molecule has 0 aliphatic rings. The van der Waals surface area contributed by atoms with E-state index < -0.39 is 0 Å². The van der Waals surface area contributed by atoms with Gasteiger partial charge in [-0.2, -0.15) is 5.26 Å². The molecule has 2 rings (SSSR count). The minimum atomic E-state index is -0.224. The summed E-state index contributed by atoms with van der Waals surface area (Å²) in [6, 6.07) is 15.2. The Bertz CT molecular complexity index is 881. The van der Waals surface area contributed by atoms with Crippen molar-refractivity contribution in [1.29, 1.82) is 5.26 Å². The molecule has 28 heavy (non-hydrogen) atoms. The molecule has 6 nitrogen and oxygen atoms in total. The maximum absolute atomic E-state index is 12.4. The van der Waals surface area contributed by atoms with Crippen molar-refractivity contribution in [2.75, 3.05) is 32.5 Å². The Morgan fingerprint density at radius 3 is 2.32 bits per heavy atom. The van der Waals surface area contributed by atoms with Gasteiger partial charge in [-0.25, -0.2) is 0 Å². The third-order valence-electron chi connectivity index (χ3n) is 4.47. The molecule has 1 N–H and O–H groups in total. The predicted octanol–water partition coefficient (Wildman–Crippen LogP) is 2.70. The summed E-state index contributed by atoms with van der Waals surface area (Å²) in [6.07, 6.45) is 0. The number of hydrogen-bond donors (Lipinski definition) is 1. The van der Waals surface area contributed by atoms with Crippen LogP contribution in [-0.2, 0) is 16.1 Å². The average Bonchev–Trinajstić information content (AvgIpc) is 2.64. The van der Waals surface area contributed by atoms with Crippen LogP contribution in [0.4, 0.5) is 5.69 Å². The van der Waals surface area contributed by atoms with Crippen molar-refractivity contribution < 1.29 is 9.59 Å². The second kappa shape index (κ2) is 9.67. The molecule has 0 unspecified atom stereocenters. The van der Waals surface area contributed by atoms with Crippen LogP contribution in [0.25, 0.3) is 0 Å². The van der Waals surface area contributed by atoms with Gasteiger partial charge < -0.3 is 10.2 Å². The standard InChI is InChI=1S/C22H26N4O2/c1-16-7-5-8-17(2)22(16)24-20(27)14-26(4)21(28)15-25(3)13-19-10-6-9-18(11-19)12-23/h5-11H,13-15H2,1-4H3,(H,24,27). The number of hydrogen-bond acceptors (Lipinski definition) is 4. The zero-order chi connectivity index (χ0) is 20.7. The summed E-state index contributed by atoms with van der Waals surface area (Å²) < 4.78 is 0. The molecule has 0 saturated carbocycles. The normalized spacial score (nSPS) is 10.4. The van der Waals surface area contributed by atoms with E-state index in [0.717, 1.165) is 22.4 Å². The lowest BCUT2D eigenvalue weighted by molar-refractivity contribution is -0.134. The highest BCUT2D eigenvalue weighted by Gasteiger charge is 2.16. The summed E-state index contributed by atoms with van der Waals surface area (Å²) >= 11 is 0.